The minimum Gasteiger partial charge on any atom is -0.494 e. The predicted molar refractivity (Wildman–Crippen MR) is 95.8 cm³/mol. The fraction of sp³-hybridized carbons (Fsp3) is 0.500. The van der Waals surface area contributed by atoms with Crippen LogP contribution in [-0.2, 0) is 0 Å². The van der Waals surface area contributed by atoms with Crippen LogP contribution in [0.15, 0.2) is 18.2 Å². The zero-order chi connectivity index (χ0) is 17.0. The topological polar surface area (TPSA) is 81.6 Å². The van der Waals surface area contributed by atoms with Gasteiger partial charge in [0.1, 0.15) is 11.3 Å². The molecule has 0 unspecified atom stereocenters. The van der Waals surface area contributed by atoms with Crippen molar-refractivity contribution in [3.05, 3.63) is 24.0 Å². The van der Waals surface area contributed by atoms with Crippen LogP contribution >= 0.6 is 0 Å². The van der Waals surface area contributed by atoms with E-state index in [1.165, 1.54) is 25.8 Å². The molecule has 1 saturated heterocycles. The Balaban J connectivity index is 1.61. The molecule has 2 aromatic heterocycles. The Labute approximate surface area is 145 Å². The van der Waals surface area contributed by atoms with Crippen LogP contribution in [0.3, 0.4) is 0 Å². The zero-order valence-electron chi connectivity index (χ0n) is 14.4. The van der Waals surface area contributed by atoms with Gasteiger partial charge in [-0.15, -0.1) is 5.10 Å². The number of nitrogen functional groups attached to an aromatic ring is 1. The maximum Gasteiger partial charge on any atom is 0.223 e. The minimum absolute atomic E-state index is 0.348. The van der Waals surface area contributed by atoms with Crippen LogP contribution in [0.5, 0.6) is 5.75 Å². The van der Waals surface area contributed by atoms with Crippen molar-refractivity contribution in [2.45, 2.75) is 37.6 Å². The Morgan fingerprint density at radius 2 is 2.08 bits per heavy atom. The molecule has 2 aliphatic rings. The molecule has 130 valence electrons. The lowest BCUT2D eigenvalue weighted by molar-refractivity contribution is 0.195. The second-order valence-electron chi connectivity index (χ2n) is 7.10. The summed E-state index contributed by atoms with van der Waals surface area (Å²) in [6.45, 7) is 2.26. The van der Waals surface area contributed by atoms with Gasteiger partial charge in [-0.25, -0.2) is 9.97 Å². The smallest absolute Gasteiger partial charge is 0.223 e. The molecule has 0 bridgehead atoms. The summed E-state index contributed by atoms with van der Waals surface area (Å²) in [5.74, 6) is 2.30. The van der Waals surface area contributed by atoms with Gasteiger partial charge in [-0.05, 0) is 44.4 Å². The zero-order valence-corrected chi connectivity index (χ0v) is 14.4. The number of methoxy groups -OCH3 is 1. The van der Waals surface area contributed by atoms with E-state index in [4.69, 9.17) is 20.6 Å². The van der Waals surface area contributed by atoms with E-state index in [-0.39, 0.29) is 0 Å². The van der Waals surface area contributed by atoms with Crippen molar-refractivity contribution in [1.29, 1.82) is 0 Å². The molecule has 3 aromatic rings. The quantitative estimate of drug-likeness (QED) is 0.788. The Hall–Kier alpha value is -2.41. The molecular weight excluding hydrogens is 316 g/mol. The van der Waals surface area contributed by atoms with Crippen molar-refractivity contribution in [1.82, 2.24) is 24.5 Å². The van der Waals surface area contributed by atoms with E-state index < -0.39 is 0 Å². The van der Waals surface area contributed by atoms with E-state index in [0.29, 0.717) is 17.6 Å². The summed E-state index contributed by atoms with van der Waals surface area (Å²) in [7, 11) is 1.64. The van der Waals surface area contributed by atoms with Gasteiger partial charge >= 0.3 is 0 Å². The number of anilines is 1. The van der Waals surface area contributed by atoms with Crippen LogP contribution in [0.1, 0.15) is 37.4 Å². The molecule has 2 fully saturated rings. The highest BCUT2D eigenvalue weighted by molar-refractivity contribution is 5.95. The maximum absolute atomic E-state index is 6.16. The van der Waals surface area contributed by atoms with Gasteiger partial charge in [0.2, 0.25) is 5.95 Å². The van der Waals surface area contributed by atoms with Gasteiger partial charge in [0.05, 0.1) is 7.11 Å². The van der Waals surface area contributed by atoms with E-state index >= 15 is 0 Å². The molecule has 7 nitrogen and oxygen atoms in total. The van der Waals surface area contributed by atoms with E-state index in [2.05, 4.69) is 9.88 Å². The van der Waals surface area contributed by atoms with Crippen LogP contribution in [0.4, 0.5) is 5.95 Å². The number of nitrogens with zero attached hydrogens (tertiary/aromatic N) is 5. The second-order valence-corrected chi connectivity index (χ2v) is 7.10. The SMILES string of the molecule is COc1cccc2c1nc(N)n1nc([C@@H]3CCCN(C4CC4)C3)nc21. The lowest BCUT2D eigenvalue weighted by Gasteiger charge is -2.31. The number of benzene rings is 1. The van der Waals surface area contributed by atoms with Crippen LogP contribution in [0.2, 0.25) is 0 Å². The van der Waals surface area contributed by atoms with Crippen molar-refractivity contribution in [2.75, 3.05) is 25.9 Å². The van der Waals surface area contributed by atoms with Gasteiger partial charge < -0.3 is 10.5 Å². The second kappa shape index (κ2) is 5.56. The summed E-state index contributed by atoms with van der Waals surface area (Å²) in [5.41, 5.74) is 7.66. The van der Waals surface area contributed by atoms with Gasteiger partial charge in [-0.1, -0.05) is 6.07 Å². The first-order chi connectivity index (χ1) is 12.2. The molecule has 3 heterocycles. The van der Waals surface area contributed by atoms with Gasteiger partial charge in [0.15, 0.2) is 11.5 Å². The monoisotopic (exact) mass is 338 g/mol. The number of nitrogens with two attached hydrogens (primary N) is 1. The number of likely N-dealkylation sites (tertiary alicyclic amines) is 1. The van der Waals surface area contributed by atoms with E-state index in [1.54, 1.807) is 11.6 Å². The molecule has 5 rings (SSSR count). The summed E-state index contributed by atoms with van der Waals surface area (Å²) in [4.78, 5) is 12.0. The van der Waals surface area contributed by atoms with Crippen molar-refractivity contribution in [2.24, 2.45) is 0 Å². The van der Waals surface area contributed by atoms with Crippen LogP contribution in [-0.4, -0.2) is 50.7 Å². The van der Waals surface area contributed by atoms with Crippen molar-refractivity contribution < 1.29 is 4.74 Å². The maximum atomic E-state index is 6.16. The Kier molecular flexibility index (Phi) is 3.31. The average molecular weight is 338 g/mol. The van der Waals surface area contributed by atoms with Crippen LogP contribution in [0.25, 0.3) is 16.6 Å². The number of hydrogen-bond donors (Lipinski definition) is 1. The van der Waals surface area contributed by atoms with E-state index in [1.807, 2.05) is 18.2 Å². The predicted octanol–water partition coefficient (Wildman–Crippen LogP) is 2.21. The highest BCUT2D eigenvalue weighted by Crippen LogP contribution is 2.34. The first-order valence-electron chi connectivity index (χ1n) is 8.97. The third kappa shape index (κ3) is 2.41. The number of rotatable bonds is 3. The number of piperidine rings is 1. The van der Waals surface area contributed by atoms with Gasteiger partial charge in [0, 0.05) is 23.9 Å². The molecule has 1 aliphatic heterocycles. The summed E-state index contributed by atoms with van der Waals surface area (Å²) < 4.78 is 7.09. The number of fused-ring (bicyclic) bond motifs is 3. The summed E-state index contributed by atoms with van der Waals surface area (Å²) >= 11 is 0. The summed E-state index contributed by atoms with van der Waals surface area (Å²) in [6, 6.07) is 6.62. The highest BCUT2D eigenvalue weighted by atomic mass is 16.5. The Morgan fingerprint density at radius 1 is 1.20 bits per heavy atom. The number of aromatic nitrogens is 4. The van der Waals surface area contributed by atoms with Crippen LogP contribution < -0.4 is 10.5 Å². The number of ether oxygens (including phenoxy) is 1. The van der Waals surface area contributed by atoms with Gasteiger partial charge in [-0.3, -0.25) is 4.90 Å². The van der Waals surface area contributed by atoms with E-state index in [9.17, 15) is 0 Å². The number of para-hydroxylation sites is 1. The molecule has 1 aromatic carbocycles. The third-order valence-corrected chi connectivity index (χ3v) is 5.41. The molecule has 1 aliphatic carbocycles. The van der Waals surface area contributed by atoms with Crippen LogP contribution in [0, 0.1) is 0 Å². The fourth-order valence-electron chi connectivity index (χ4n) is 3.97. The van der Waals surface area contributed by atoms with Crippen molar-refractivity contribution in [3.63, 3.8) is 0 Å². The first-order valence-corrected chi connectivity index (χ1v) is 8.97. The lowest BCUT2D eigenvalue weighted by Crippen LogP contribution is -2.36. The molecule has 7 heteroatoms. The summed E-state index contributed by atoms with van der Waals surface area (Å²) in [6.07, 6.45) is 5.02. The Bertz CT molecular complexity index is 948. The molecular formula is C18H22N6O. The molecule has 0 amide bonds. The molecule has 25 heavy (non-hydrogen) atoms. The molecule has 1 atom stereocenters. The summed E-state index contributed by atoms with van der Waals surface area (Å²) in [5, 5.41) is 5.62. The highest BCUT2D eigenvalue weighted by Gasteiger charge is 2.34. The molecule has 2 N–H and O–H groups in total. The van der Waals surface area contributed by atoms with Gasteiger partial charge in [0.25, 0.3) is 0 Å². The first kappa shape index (κ1) is 14.9. The number of hydrogen-bond acceptors (Lipinski definition) is 6. The Morgan fingerprint density at radius 3 is 2.88 bits per heavy atom. The molecule has 1 saturated carbocycles. The standard InChI is InChI=1S/C18H22N6O/c1-25-14-6-2-5-13-15(14)20-18(19)24-17(13)21-16(22-24)11-4-3-9-23(10-11)12-7-8-12/h2,5-6,11-12H,3-4,7-10H2,1H3,(H2,19,20)/t11-/m1/s1. The lowest BCUT2D eigenvalue weighted by atomic mass is 9.97. The van der Waals surface area contributed by atoms with E-state index in [0.717, 1.165) is 41.4 Å². The van der Waals surface area contributed by atoms with Crippen molar-refractivity contribution >= 4 is 22.5 Å². The molecule has 0 spiro atoms. The largest absolute Gasteiger partial charge is 0.494 e. The fourth-order valence-corrected chi connectivity index (χ4v) is 3.97. The molecule has 0 radical (unpaired) electrons. The average Bonchev–Trinajstić information content (AvgIpc) is 3.39. The minimum atomic E-state index is 0.348. The van der Waals surface area contributed by atoms with Crippen molar-refractivity contribution in [3.8, 4) is 5.75 Å². The normalized spacial score (nSPS) is 21.9. The third-order valence-electron chi connectivity index (χ3n) is 5.41. The van der Waals surface area contributed by atoms with Gasteiger partial charge in [-0.2, -0.15) is 4.52 Å².